The van der Waals surface area contributed by atoms with Gasteiger partial charge in [-0.3, -0.25) is 4.68 Å². The summed E-state index contributed by atoms with van der Waals surface area (Å²) >= 11 is 0. The summed E-state index contributed by atoms with van der Waals surface area (Å²) in [4.78, 5) is 11.2. The van der Waals surface area contributed by atoms with Gasteiger partial charge in [0.2, 0.25) is 0 Å². The van der Waals surface area contributed by atoms with Crippen LogP contribution >= 0.6 is 0 Å². The van der Waals surface area contributed by atoms with Crippen molar-refractivity contribution in [3.63, 3.8) is 0 Å². The van der Waals surface area contributed by atoms with Crippen LogP contribution in [0.2, 0.25) is 0 Å². The summed E-state index contributed by atoms with van der Waals surface area (Å²) in [6, 6.07) is 9.84. The van der Waals surface area contributed by atoms with Crippen LogP contribution in [0.4, 0.5) is 0 Å². The molecule has 1 aromatic carbocycles. The van der Waals surface area contributed by atoms with Crippen molar-refractivity contribution < 1.29 is 9.53 Å². The van der Waals surface area contributed by atoms with Crippen LogP contribution in [0.3, 0.4) is 0 Å². The van der Waals surface area contributed by atoms with Crippen LogP contribution in [0, 0.1) is 6.92 Å². The molecule has 0 unspecified atom stereocenters. The third-order valence-corrected chi connectivity index (χ3v) is 2.46. The molecule has 0 saturated carbocycles. The number of benzene rings is 1. The Morgan fingerprint density at radius 1 is 1.41 bits per heavy atom. The molecule has 0 fully saturated rings. The summed E-state index contributed by atoms with van der Waals surface area (Å²) in [5.41, 5.74) is 2.70. The van der Waals surface area contributed by atoms with Crippen LogP contribution in [-0.4, -0.2) is 22.9 Å². The lowest BCUT2D eigenvalue weighted by molar-refractivity contribution is 0.0593. The molecule has 88 valence electrons. The van der Waals surface area contributed by atoms with Gasteiger partial charge in [0, 0.05) is 6.20 Å². The standard InChI is InChI=1S/C13H14N2O2/c1-10-4-3-5-11(8-10)9-15-7-6-12(14-15)13(16)17-2/h3-8H,9H2,1-2H3. The van der Waals surface area contributed by atoms with Crippen molar-refractivity contribution >= 4 is 5.97 Å². The molecule has 2 rings (SSSR count). The van der Waals surface area contributed by atoms with Crippen LogP contribution in [0.15, 0.2) is 36.5 Å². The highest BCUT2D eigenvalue weighted by molar-refractivity contribution is 5.86. The molecule has 0 aliphatic rings. The lowest BCUT2D eigenvalue weighted by Crippen LogP contribution is -2.05. The molecule has 0 atom stereocenters. The van der Waals surface area contributed by atoms with E-state index in [1.807, 2.05) is 25.1 Å². The molecule has 0 saturated heterocycles. The van der Waals surface area contributed by atoms with Crippen molar-refractivity contribution in [1.29, 1.82) is 0 Å². The van der Waals surface area contributed by atoms with Gasteiger partial charge in [-0.05, 0) is 18.6 Å². The molecule has 2 aromatic rings. The summed E-state index contributed by atoms with van der Waals surface area (Å²) in [6.07, 6.45) is 1.77. The number of hydrogen-bond acceptors (Lipinski definition) is 3. The number of rotatable bonds is 3. The van der Waals surface area contributed by atoms with Crippen LogP contribution in [0.5, 0.6) is 0 Å². The fraction of sp³-hybridized carbons (Fsp3) is 0.231. The first-order valence-electron chi connectivity index (χ1n) is 5.36. The molecule has 0 amide bonds. The van der Waals surface area contributed by atoms with Crippen molar-refractivity contribution in [2.45, 2.75) is 13.5 Å². The second kappa shape index (κ2) is 4.82. The lowest BCUT2D eigenvalue weighted by atomic mass is 10.1. The Labute approximate surface area is 99.8 Å². The first-order valence-corrected chi connectivity index (χ1v) is 5.36. The number of carbonyl (C=O) groups is 1. The van der Waals surface area contributed by atoms with Gasteiger partial charge >= 0.3 is 5.97 Å². The zero-order valence-corrected chi connectivity index (χ0v) is 9.88. The Kier molecular flexibility index (Phi) is 3.23. The maximum absolute atomic E-state index is 11.2. The molecular formula is C13H14N2O2. The number of hydrogen-bond donors (Lipinski definition) is 0. The summed E-state index contributed by atoms with van der Waals surface area (Å²) in [6.45, 7) is 2.70. The molecule has 0 spiro atoms. The molecule has 4 nitrogen and oxygen atoms in total. The number of carbonyl (C=O) groups excluding carboxylic acids is 1. The van der Waals surface area contributed by atoms with Gasteiger partial charge < -0.3 is 4.74 Å². The van der Waals surface area contributed by atoms with E-state index in [1.54, 1.807) is 16.9 Å². The van der Waals surface area contributed by atoms with Gasteiger partial charge in [-0.15, -0.1) is 0 Å². The normalized spacial score (nSPS) is 10.2. The average Bonchev–Trinajstić information content (AvgIpc) is 2.76. The number of nitrogens with zero attached hydrogens (tertiary/aromatic N) is 2. The van der Waals surface area contributed by atoms with Crippen molar-refractivity contribution in [1.82, 2.24) is 9.78 Å². The summed E-state index contributed by atoms with van der Waals surface area (Å²) in [5, 5.41) is 4.15. The van der Waals surface area contributed by atoms with Crippen molar-refractivity contribution in [2.24, 2.45) is 0 Å². The number of aryl methyl sites for hydroxylation is 1. The summed E-state index contributed by atoms with van der Waals surface area (Å²) in [7, 11) is 1.35. The molecule has 1 heterocycles. The van der Waals surface area contributed by atoms with E-state index in [1.165, 1.54) is 12.7 Å². The van der Waals surface area contributed by atoms with Crippen molar-refractivity contribution in [2.75, 3.05) is 7.11 Å². The molecule has 0 radical (unpaired) electrons. The molecule has 1 aromatic heterocycles. The first-order chi connectivity index (χ1) is 8.19. The number of aromatic nitrogens is 2. The number of ether oxygens (including phenoxy) is 1. The highest BCUT2D eigenvalue weighted by atomic mass is 16.5. The minimum absolute atomic E-state index is 0.333. The van der Waals surface area contributed by atoms with E-state index in [0.717, 1.165) is 5.56 Å². The van der Waals surface area contributed by atoms with E-state index in [0.29, 0.717) is 12.2 Å². The molecule has 4 heteroatoms. The molecule has 0 aliphatic carbocycles. The molecule has 0 bridgehead atoms. The molecule has 17 heavy (non-hydrogen) atoms. The zero-order valence-electron chi connectivity index (χ0n) is 9.88. The number of esters is 1. The van der Waals surface area contributed by atoms with Gasteiger partial charge in [0.25, 0.3) is 0 Å². The third-order valence-electron chi connectivity index (χ3n) is 2.46. The van der Waals surface area contributed by atoms with Gasteiger partial charge in [-0.2, -0.15) is 5.10 Å². The Balaban J connectivity index is 2.14. The maximum atomic E-state index is 11.2. The first kappa shape index (κ1) is 11.4. The zero-order chi connectivity index (χ0) is 12.3. The maximum Gasteiger partial charge on any atom is 0.358 e. The van der Waals surface area contributed by atoms with Gasteiger partial charge in [0.1, 0.15) is 0 Å². The molecule has 0 aliphatic heterocycles. The van der Waals surface area contributed by atoms with E-state index in [4.69, 9.17) is 0 Å². The van der Waals surface area contributed by atoms with E-state index in [2.05, 4.69) is 15.9 Å². The second-order valence-electron chi connectivity index (χ2n) is 3.88. The Hall–Kier alpha value is -2.10. The van der Waals surface area contributed by atoms with E-state index >= 15 is 0 Å². The minimum Gasteiger partial charge on any atom is -0.464 e. The highest BCUT2D eigenvalue weighted by Gasteiger charge is 2.08. The van der Waals surface area contributed by atoms with Gasteiger partial charge in [-0.25, -0.2) is 4.79 Å². The van der Waals surface area contributed by atoms with Crippen molar-refractivity contribution in [3.8, 4) is 0 Å². The van der Waals surface area contributed by atoms with E-state index in [-0.39, 0.29) is 0 Å². The van der Waals surface area contributed by atoms with Crippen molar-refractivity contribution in [3.05, 3.63) is 53.3 Å². The van der Waals surface area contributed by atoms with Crippen LogP contribution in [0.1, 0.15) is 21.6 Å². The topological polar surface area (TPSA) is 44.1 Å². The lowest BCUT2D eigenvalue weighted by Gasteiger charge is -2.02. The SMILES string of the molecule is COC(=O)c1ccn(Cc2cccc(C)c2)n1. The summed E-state index contributed by atoms with van der Waals surface area (Å²) in [5.74, 6) is -0.409. The Morgan fingerprint density at radius 3 is 2.94 bits per heavy atom. The van der Waals surface area contributed by atoms with Gasteiger partial charge in [0.05, 0.1) is 13.7 Å². The Morgan fingerprint density at radius 2 is 2.24 bits per heavy atom. The smallest absolute Gasteiger partial charge is 0.358 e. The van der Waals surface area contributed by atoms with E-state index in [9.17, 15) is 4.79 Å². The fourth-order valence-corrected chi connectivity index (χ4v) is 1.66. The largest absolute Gasteiger partial charge is 0.464 e. The molecule has 0 N–H and O–H groups in total. The fourth-order valence-electron chi connectivity index (χ4n) is 1.66. The molecular weight excluding hydrogens is 216 g/mol. The second-order valence-corrected chi connectivity index (χ2v) is 3.88. The summed E-state index contributed by atoms with van der Waals surface area (Å²) < 4.78 is 6.33. The van der Waals surface area contributed by atoms with E-state index < -0.39 is 5.97 Å². The van der Waals surface area contributed by atoms with Crippen LogP contribution < -0.4 is 0 Å². The van der Waals surface area contributed by atoms with Crippen LogP contribution in [-0.2, 0) is 11.3 Å². The Bertz CT molecular complexity index is 532. The average molecular weight is 230 g/mol. The predicted molar refractivity (Wildman–Crippen MR) is 63.8 cm³/mol. The minimum atomic E-state index is -0.409. The monoisotopic (exact) mass is 230 g/mol. The third kappa shape index (κ3) is 2.72. The predicted octanol–water partition coefficient (Wildman–Crippen LogP) is 2.03. The van der Waals surface area contributed by atoms with Gasteiger partial charge in [0.15, 0.2) is 5.69 Å². The highest BCUT2D eigenvalue weighted by Crippen LogP contribution is 2.06. The number of methoxy groups -OCH3 is 1. The van der Waals surface area contributed by atoms with Crippen LogP contribution in [0.25, 0.3) is 0 Å². The quantitative estimate of drug-likeness (QED) is 0.758. The van der Waals surface area contributed by atoms with Gasteiger partial charge in [-0.1, -0.05) is 29.8 Å².